The zero-order valence-electron chi connectivity index (χ0n) is 16.7. The predicted octanol–water partition coefficient (Wildman–Crippen LogP) is 2.01. The Morgan fingerprint density at radius 3 is 1.97 bits per heavy atom. The summed E-state index contributed by atoms with van der Waals surface area (Å²) in [7, 11) is -3.76. The first kappa shape index (κ1) is 23.0. The number of hydrogen-bond donors (Lipinski definition) is 2. The van der Waals surface area contributed by atoms with Crippen molar-refractivity contribution in [3.63, 3.8) is 0 Å². The quantitative estimate of drug-likeness (QED) is 0.505. The molecule has 0 saturated heterocycles. The lowest BCUT2D eigenvalue weighted by Crippen LogP contribution is -2.41. The summed E-state index contributed by atoms with van der Waals surface area (Å²) in [6.07, 6.45) is 0. The van der Waals surface area contributed by atoms with Gasteiger partial charge < -0.3 is 0 Å². The molecule has 0 aliphatic rings. The lowest BCUT2D eigenvalue weighted by molar-refractivity contribution is -0.384. The molecule has 2 aromatic carbocycles. The third-order valence-corrected chi connectivity index (χ3v) is 6.60. The molecule has 2 aromatic rings. The predicted molar refractivity (Wildman–Crippen MR) is 109 cm³/mol. The lowest BCUT2D eigenvalue weighted by atomic mass is 10.1. The van der Waals surface area contributed by atoms with Gasteiger partial charge in [-0.2, -0.15) is 4.31 Å². The molecule has 160 valence electrons. The first-order valence-corrected chi connectivity index (χ1v) is 10.5. The standard InChI is InChI=1S/C19H22N4O6S/c1-4-22(5-2)30(28,29)17-12-15(7-6-13(17)3)19(25)21-20-18(24)14-8-10-16(11-9-14)23(26)27/h6-12H,4-5H2,1-3H3,(H,20,24)(H,21,25). The molecule has 0 unspecified atom stereocenters. The molecule has 0 spiro atoms. The minimum absolute atomic E-state index is 0.0144. The molecular formula is C19H22N4O6S. The first-order chi connectivity index (χ1) is 14.1. The van der Waals surface area contributed by atoms with Crippen molar-refractivity contribution in [1.29, 1.82) is 0 Å². The van der Waals surface area contributed by atoms with Gasteiger partial charge in [0, 0.05) is 36.3 Å². The van der Waals surface area contributed by atoms with Crippen LogP contribution >= 0.6 is 0 Å². The number of nitrogens with zero attached hydrogens (tertiary/aromatic N) is 2. The Morgan fingerprint density at radius 1 is 0.967 bits per heavy atom. The number of carbonyl (C=O) groups excluding carboxylic acids is 2. The van der Waals surface area contributed by atoms with Gasteiger partial charge in [0.2, 0.25) is 10.0 Å². The highest BCUT2D eigenvalue weighted by Gasteiger charge is 2.24. The number of carbonyl (C=O) groups is 2. The van der Waals surface area contributed by atoms with E-state index >= 15 is 0 Å². The zero-order valence-corrected chi connectivity index (χ0v) is 17.5. The van der Waals surface area contributed by atoms with E-state index in [9.17, 15) is 28.1 Å². The number of nitro groups is 1. The largest absolute Gasteiger partial charge is 0.269 e. The van der Waals surface area contributed by atoms with E-state index in [-0.39, 0.29) is 21.7 Å². The zero-order chi connectivity index (χ0) is 22.5. The van der Waals surface area contributed by atoms with Gasteiger partial charge in [-0.15, -0.1) is 0 Å². The van der Waals surface area contributed by atoms with Gasteiger partial charge in [0.15, 0.2) is 0 Å². The fourth-order valence-corrected chi connectivity index (χ4v) is 4.42. The SMILES string of the molecule is CCN(CC)S(=O)(=O)c1cc(C(=O)NNC(=O)c2ccc([N+](=O)[O-])cc2)ccc1C. The van der Waals surface area contributed by atoms with Crippen LogP contribution in [0.2, 0.25) is 0 Å². The molecule has 0 aromatic heterocycles. The Bertz CT molecular complexity index is 1060. The van der Waals surface area contributed by atoms with Gasteiger partial charge in [0.25, 0.3) is 17.5 Å². The number of benzene rings is 2. The summed E-state index contributed by atoms with van der Waals surface area (Å²) < 4.78 is 26.9. The van der Waals surface area contributed by atoms with E-state index in [1.54, 1.807) is 20.8 Å². The van der Waals surface area contributed by atoms with Crippen molar-refractivity contribution < 1.29 is 22.9 Å². The summed E-state index contributed by atoms with van der Waals surface area (Å²) in [4.78, 5) is 34.6. The second-order valence-corrected chi connectivity index (χ2v) is 8.19. The molecule has 2 rings (SSSR count). The third kappa shape index (κ3) is 4.99. The second-order valence-electron chi connectivity index (χ2n) is 6.28. The molecule has 0 bridgehead atoms. The third-order valence-electron chi connectivity index (χ3n) is 4.40. The molecule has 0 atom stereocenters. The fraction of sp³-hybridized carbons (Fsp3) is 0.263. The van der Waals surface area contributed by atoms with Gasteiger partial charge in [-0.3, -0.25) is 30.6 Å². The van der Waals surface area contributed by atoms with Gasteiger partial charge in [0.1, 0.15) is 0 Å². The van der Waals surface area contributed by atoms with Crippen LogP contribution in [0.3, 0.4) is 0 Å². The van der Waals surface area contributed by atoms with Gasteiger partial charge in [-0.25, -0.2) is 8.42 Å². The van der Waals surface area contributed by atoms with Crippen LogP contribution in [0.1, 0.15) is 40.1 Å². The molecule has 0 fully saturated rings. The fourth-order valence-electron chi connectivity index (χ4n) is 2.71. The summed E-state index contributed by atoms with van der Waals surface area (Å²) in [5.74, 6) is -1.39. The normalized spacial score (nSPS) is 11.2. The van der Waals surface area contributed by atoms with E-state index in [1.807, 2.05) is 0 Å². The van der Waals surface area contributed by atoms with E-state index in [2.05, 4.69) is 10.9 Å². The second kappa shape index (κ2) is 9.46. The van der Waals surface area contributed by atoms with Crippen LogP contribution in [0, 0.1) is 17.0 Å². The highest BCUT2D eigenvalue weighted by Crippen LogP contribution is 2.21. The van der Waals surface area contributed by atoms with E-state index < -0.39 is 26.8 Å². The summed E-state index contributed by atoms with van der Waals surface area (Å²) in [6, 6.07) is 9.06. The summed E-state index contributed by atoms with van der Waals surface area (Å²) >= 11 is 0. The van der Waals surface area contributed by atoms with Crippen molar-refractivity contribution in [1.82, 2.24) is 15.2 Å². The van der Waals surface area contributed by atoms with Crippen molar-refractivity contribution in [2.24, 2.45) is 0 Å². The smallest absolute Gasteiger partial charge is 0.267 e. The van der Waals surface area contributed by atoms with Crippen molar-refractivity contribution in [3.05, 3.63) is 69.3 Å². The van der Waals surface area contributed by atoms with Crippen LogP contribution in [0.5, 0.6) is 0 Å². The molecule has 2 N–H and O–H groups in total. The van der Waals surface area contributed by atoms with E-state index in [1.165, 1.54) is 46.8 Å². The molecule has 0 saturated carbocycles. The molecular weight excluding hydrogens is 412 g/mol. The van der Waals surface area contributed by atoms with Crippen molar-refractivity contribution >= 4 is 27.5 Å². The molecule has 2 amide bonds. The monoisotopic (exact) mass is 434 g/mol. The molecule has 0 heterocycles. The van der Waals surface area contributed by atoms with Gasteiger partial charge in [0.05, 0.1) is 9.82 Å². The van der Waals surface area contributed by atoms with Crippen LogP contribution in [0.15, 0.2) is 47.4 Å². The Hall–Kier alpha value is -3.31. The summed E-state index contributed by atoms with van der Waals surface area (Å²) in [5.41, 5.74) is 4.89. The molecule has 0 aliphatic carbocycles. The van der Waals surface area contributed by atoms with E-state index in [0.717, 1.165) is 0 Å². The average molecular weight is 434 g/mol. The Labute approximate surface area is 174 Å². The minimum Gasteiger partial charge on any atom is -0.267 e. The number of amides is 2. The molecule has 30 heavy (non-hydrogen) atoms. The number of rotatable bonds is 7. The van der Waals surface area contributed by atoms with Crippen LogP contribution in [0.4, 0.5) is 5.69 Å². The molecule has 11 heteroatoms. The summed E-state index contributed by atoms with van der Waals surface area (Å²) in [5, 5.41) is 10.7. The molecule has 0 radical (unpaired) electrons. The molecule has 0 aliphatic heterocycles. The number of nitrogens with one attached hydrogen (secondary N) is 2. The Kier molecular flexibility index (Phi) is 7.24. The van der Waals surface area contributed by atoms with Gasteiger partial charge in [-0.05, 0) is 36.8 Å². The number of non-ortho nitro benzene ring substituents is 1. The van der Waals surface area contributed by atoms with Crippen molar-refractivity contribution in [3.8, 4) is 0 Å². The maximum Gasteiger partial charge on any atom is 0.269 e. The van der Waals surface area contributed by atoms with Crippen LogP contribution < -0.4 is 10.9 Å². The number of aryl methyl sites for hydroxylation is 1. The first-order valence-electron chi connectivity index (χ1n) is 9.07. The number of hydrogen-bond acceptors (Lipinski definition) is 6. The number of hydrazine groups is 1. The maximum atomic E-state index is 12.8. The minimum atomic E-state index is -3.76. The molecule has 10 nitrogen and oxygen atoms in total. The van der Waals surface area contributed by atoms with Crippen LogP contribution in [-0.2, 0) is 10.0 Å². The average Bonchev–Trinajstić information content (AvgIpc) is 2.72. The van der Waals surface area contributed by atoms with E-state index in [4.69, 9.17) is 0 Å². The Morgan fingerprint density at radius 2 is 1.47 bits per heavy atom. The topological polar surface area (TPSA) is 139 Å². The van der Waals surface area contributed by atoms with Gasteiger partial charge >= 0.3 is 0 Å². The summed E-state index contributed by atoms with van der Waals surface area (Å²) in [6.45, 7) is 5.66. The van der Waals surface area contributed by atoms with Crippen molar-refractivity contribution in [2.45, 2.75) is 25.7 Å². The van der Waals surface area contributed by atoms with E-state index in [0.29, 0.717) is 18.7 Å². The lowest BCUT2D eigenvalue weighted by Gasteiger charge is -2.20. The van der Waals surface area contributed by atoms with Crippen LogP contribution in [0.25, 0.3) is 0 Å². The maximum absolute atomic E-state index is 12.8. The highest BCUT2D eigenvalue weighted by molar-refractivity contribution is 7.89. The Balaban J connectivity index is 2.16. The van der Waals surface area contributed by atoms with Crippen molar-refractivity contribution in [2.75, 3.05) is 13.1 Å². The number of sulfonamides is 1. The number of nitro benzene ring substituents is 1. The van der Waals surface area contributed by atoms with Crippen LogP contribution in [-0.4, -0.2) is 42.6 Å². The highest BCUT2D eigenvalue weighted by atomic mass is 32.2. The van der Waals surface area contributed by atoms with Gasteiger partial charge in [-0.1, -0.05) is 19.9 Å².